The van der Waals surface area contributed by atoms with Gasteiger partial charge in [0.2, 0.25) is 0 Å². The number of hydrogen-bond acceptors (Lipinski definition) is 4. The number of aromatic amines is 1. The zero-order valence-corrected chi connectivity index (χ0v) is 15.9. The van der Waals surface area contributed by atoms with Crippen LogP contribution in [0.1, 0.15) is 70.1 Å². The number of ether oxygens (including phenoxy) is 1. The fourth-order valence-electron chi connectivity index (χ4n) is 3.86. The zero-order chi connectivity index (χ0) is 17.7. The van der Waals surface area contributed by atoms with Crippen molar-refractivity contribution < 1.29 is 9.53 Å². The second kappa shape index (κ2) is 8.15. The first-order valence-corrected chi connectivity index (χ1v) is 9.17. The van der Waals surface area contributed by atoms with Crippen molar-refractivity contribution in [3.63, 3.8) is 0 Å². The molecule has 2 rings (SSSR count). The molecule has 1 N–H and O–H groups in total. The number of esters is 1. The number of carbonyl (C=O) groups excluding carboxylic acids is 1. The molecule has 136 valence electrons. The Morgan fingerprint density at radius 2 is 2.25 bits per heavy atom. The molecule has 1 aliphatic carbocycles. The molecule has 24 heavy (non-hydrogen) atoms. The van der Waals surface area contributed by atoms with E-state index in [9.17, 15) is 4.79 Å². The van der Waals surface area contributed by atoms with Crippen LogP contribution in [0.2, 0.25) is 0 Å². The predicted octanol–water partition coefficient (Wildman–Crippen LogP) is 3.72. The summed E-state index contributed by atoms with van der Waals surface area (Å²) in [5, 5.41) is 7.50. The minimum Gasteiger partial charge on any atom is -0.469 e. The van der Waals surface area contributed by atoms with E-state index in [0.717, 1.165) is 32.4 Å². The van der Waals surface area contributed by atoms with Crippen molar-refractivity contribution in [3.05, 3.63) is 17.5 Å². The minimum atomic E-state index is -0.0779. The second-order valence-corrected chi connectivity index (χ2v) is 7.94. The van der Waals surface area contributed by atoms with E-state index in [1.165, 1.54) is 31.2 Å². The Balaban J connectivity index is 2.09. The molecule has 2 atom stereocenters. The molecule has 0 aromatic carbocycles. The van der Waals surface area contributed by atoms with Gasteiger partial charge in [-0.15, -0.1) is 0 Å². The van der Waals surface area contributed by atoms with Gasteiger partial charge in [0.1, 0.15) is 0 Å². The quantitative estimate of drug-likeness (QED) is 0.772. The first kappa shape index (κ1) is 19.0. The van der Waals surface area contributed by atoms with Gasteiger partial charge in [-0.3, -0.25) is 9.89 Å². The van der Waals surface area contributed by atoms with Crippen LogP contribution in [0.15, 0.2) is 6.20 Å². The van der Waals surface area contributed by atoms with E-state index in [-0.39, 0.29) is 17.3 Å². The Morgan fingerprint density at radius 1 is 1.50 bits per heavy atom. The topological polar surface area (TPSA) is 58.2 Å². The molecule has 5 heteroatoms. The summed E-state index contributed by atoms with van der Waals surface area (Å²) >= 11 is 0. The van der Waals surface area contributed by atoms with E-state index in [0.29, 0.717) is 5.92 Å². The van der Waals surface area contributed by atoms with Crippen LogP contribution in [-0.4, -0.2) is 41.8 Å². The molecular formula is C19H33N3O2. The molecule has 1 aromatic heterocycles. The first-order valence-electron chi connectivity index (χ1n) is 9.17. The van der Waals surface area contributed by atoms with Crippen LogP contribution in [0.4, 0.5) is 0 Å². The number of methoxy groups -OCH3 is 1. The highest BCUT2D eigenvalue weighted by Crippen LogP contribution is 2.47. The van der Waals surface area contributed by atoms with E-state index >= 15 is 0 Å². The normalized spacial score (nSPS) is 23.4. The maximum Gasteiger partial charge on any atom is 0.309 e. The van der Waals surface area contributed by atoms with Crippen molar-refractivity contribution in [3.8, 4) is 0 Å². The van der Waals surface area contributed by atoms with Gasteiger partial charge < -0.3 is 9.64 Å². The summed E-state index contributed by atoms with van der Waals surface area (Å²) in [6, 6.07) is 0. The lowest BCUT2D eigenvalue weighted by molar-refractivity contribution is -0.151. The van der Waals surface area contributed by atoms with Gasteiger partial charge in [0.05, 0.1) is 19.2 Å². The highest BCUT2D eigenvalue weighted by molar-refractivity contribution is 5.73. The van der Waals surface area contributed by atoms with Gasteiger partial charge in [-0.2, -0.15) is 5.10 Å². The van der Waals surface area contributed by atoms with Gasteiger partial charge in [0.25, 0.3) is 0 Å². The lowest BCUT2D eigenvalue weighted by Crippen LogP contribution is -2.37. The van der Waals surface area contributed by atoms with E-state index in [4.69, 9.17) is 4.74 Å². The third-order valence-electron chi connectivity index (χ3n) is 5.58. The van der Waals surface area contributed by atoms with Gasteiger partial charge >= 0.3 is 5.97 Å². The SMILES string of the molecule is CCCCN(C)Cc1cn[nH]c1C1CCC(C)(C)[C@@H](C(=O)OC)C1. The largest absolute Gasteiger partial charge is 0.469 e. The van der Waals surface area contributed by atoms with Gasteiger partial charge in [-0.05, 0) is 44.7 Å². The predicted molar refractivity (Wildman–Crippen MR) is 95.7 cm³/mol. The second-order valence-electron chi connectivity index (χ2n) is 7.94. The van der Waals surface area contributed by atoms with Crippen LogP contribution in [0.5, 0.6) is 0 Å². The molecule has 1 heterocycles. The van der Waals surface area contributed by atoms with E-state index in [2.05, 4.69) is 42.9 Å². The number of hydrogen-bond donors (Lipinski definition) is 1. The minimum absolute atomic E-state index is 0.00168. The van der Waals surface area contributed by atoms with Crippen molar-refractivity contribution in [2.24, 2.45) is 11.3 Å². The van der Waals surface area contributed by atoms with Crippen molar-refractivity contribution >= 4 is 5.97 Å². The summed E-state index contributed by atoms with van der Waals surface area (Å²) in [6.07, 6.45) is 7.33. The molecular weight excluding hydrogens is 302 g/mol. The number of rotatable bonds is 7. The number of carbonyl (C=O) groups is 1. The molecule has 1 unspecified atom stereocenters. The van der Waals surface area contributed by atoms with Crippen molar-refractivity contribution in [1.82, 2.24) is 15.1 Å². The molecule has 0 spiro atoms. The Kier molecular flexibility index (Phi) is 6.44. The van der Waals surface area contributed by atoms with Crippen molar-refractivity contribution in [2.75, 3.05) is 20.7 Å². The van der Waals surface area contributed by atoms with Gasteiger partial charge in [-0.25, -0.2) is 0 Å². The smallest absolute Gasteiger partial charge is 0.309 e. The van der Waals surface area contributed by atoms with Crippen LogP contribution in [0, 0.1) is 11.3 Å². The first-order chi connectivity index (χ1) is 11.4. The van der Waals surface area contributed by atoms with E-state index < -0.39 is 0 Å². The van der Waals surface area contributed by atoms with Gasteiger partial charge in [-0.1, -0.05) is 27.2 Å². The van der Waals surface area contributed by atoms with Crippen LogP contribution in [0.3, 0.4) is 0 Å². The number of aromatic nitrogens is 2. The molecule has 1 saturated carbocycles. The van der Waals surface area contributed by atoms with Gasteiger partial charge in [0.15, 0.2) is 0 Å². The third-order valence-corrected chi connectivity index (χ3v) is 5.58. The molecule has 0 aliphatic heterocycles. The van der Waals surface area contributed by atoms with Crippen molar-refractivity contribution in [2.45, 2.75) is 65.3 Å². The number of unbranched alkanes of at least 4 members (excludes halogenated alkanes) is 1. The zero-order valence-electron chi connectivity index (χ0n) is 15.9. The molecule has 0 amide bonds. The molecule has 0 bridgehead atoms. The van der Waals surface area contributed by atoms with E-state index in [1.54, 1.807) is 0 Å². The fourth-order valence-corrected chi connectivity index (χ4v) is 3.86. The van der Waals surface area contributed by atoms with Crippen LogP contribution in [0.25, 0.3) is 0 Å². The number of H-pyrrole nitrogens is 1. The van der Waals surface area contributed by atoms with E-state index in [1.807, 2.05) is 6.20 Å². The Labute approximate surface area is 146 Å². The molecule has 5 nitrogen and oxygen atoms in total. The fraction of sp³-hybridized carbons (Fsp3) is 0.789. The summed E-state index contributed by atoms with van der Waals surface area (Å²) in [7, 11) is 3.65. The highest BCUT2D eigenvalue weighted by atomic mass is 16.5. The van der Waals surface area contributed by atoms with Crippen LogP contribution >= 0.6 is 0 Å². The highest BCUT2D eigenvalue weighted by Gasteiger charge is 2.42. The summed E-state index contributed by atoms with van der Waals surface area (Å²) in [5.74, 6) is 0.236. The monoisotopic (exact) mass is 335 g/mol. The maximum atomic E-state index is 12.2. The molecule has 0 saturated heterocycles. The number of nitrogens with zero attached hydrogens (tertiary/aromatic N) is 2. The summed E-state index contributed by atoms with van der Waals surface area (Å²) in [5.41, 5.74) is 2.48. The molecule has 1 aliphatic rings. The lowest BCUT2D eigenvalue weighted by atomic mass is 9.64. The van der Waals surface area contributed by atoms with Crippen molar-refractivity contribution in [1.29, 1.82) is 0 Å². The Bertz CT molecular complexity index is 538. The van der Waals surface area contributed by atoms with Crippen LogP contribution in [-0.2, 0) is 16.1 Å². The van der Waals surface area contributed by atoms with Crippen LogP contribution < -0.4 is 0 Å². The third kappa shape index (κ3) is 4.38. The molecule has 1 fully saturated rings. The molecule has 0 radical (unpaired) electrons. The average molecular weight is 335 g/mol. The standard InChI is InChI=1S/C19H33N3O2/c1-6-7-10-22(4)13-15-12-20-21-17(15)14-8-9-19(2,3)16(11-14)18(23)24-5/h12,14,16H,6-11,13H2,1-5H3,(H,20,21)/t14?,16-/m1/s1. The van der Waals surface area contributed by atoms with Gasteiger partial charge in [0, 0.05) is 23.7 Å². The Hall–Kier alpha value is -1.36. The summed E-state index contributed by atoms with van der Waals surface area (Å²) in [4.78, 5) is 14.6. The summed E-state index contributed by atoms with van der Waals surface area (Å²) < 4.78 is 5.06. The maximum absolute atomic E-state index is 12.2. The average Bonchev–Trinajstić information content (AvgIpc) is 3.00. The summed E-state index contributed by atoms with van der Waals surface area (Å²) in [6.45, 7) is 8.58. The number of nitrogens with one attached hydrogen (secondary N) is 1. The molecule has 1 aromatic rings. The lowest BCUT2D eigenvalue weighted by Gasteiger charge is -2.40. The Morgan fingerprint density at radius 3 is 2.92 bits per heavy atom.